The van der Waals surface area contributed by atoms with Crippen molar-refractivity contribution in [1.29, 1.82) is 0 Å². The van der Waals surface area contributed by atoms with E-state index in [2.05, 4.69) is 83.6 Å². The summed E-state index contributed by atoms with van der Waals surface area (Å²) >= 11 is 0. The lowest BCUT2D eigenvalue weighted by Crippen LogP contribution is -2.62. The van der Waals surface area contributed by atoms with Gasteiger partial charge in [-0.3, -0.25) is 14.4 Å². The molecule has 4 atom stereocenters. The van der Waals surface area contributed by atoms with Crippen LogP contribution in [0.25, 0.3) is 0 Å². The molecule has 0 bridgehead atoms. The van der Waals surface area contributed by atoms with Crippen molar-refractivity contribution in [3.05, 3.63) is 84.6 Å². The topological polar surface area (TPSA) is 134 Å². The first-order valence-electron chi connectivity index (χ1n) is 18.4. The molecule has 0 spiro atoms. The average molecular weight is 694 g/mol. The van der Waals surface area contributed by atoms with E-state index in [0.717, 1.165) is 38.5 Å². The summed E-state index contributed by atoms with van der Waals surface area (Å²) in [7, 11) is 0. The van der Waals surface area contributed by atoms with E-state index >= 15 is 0 Å². The van der Waals surface area contributed by atoms with E-state index in [-0.39, 0.29) is 42.3 Å². The Kier molecular flexibility index (Phi) is 23.6. The van der Waals surface area contributed by atoms with Gasteiger partial charge >= 0.3 is 5.97 Å². The summed E-state index contributed by atoms with van der Waals surface area (Å²) in [4.78, 5) is 50.4. The number of carbonyl (C=O) groups is 4. The van der Waals surface area contributed by atoms with Crippen LogP contribution in [0.1, 0.15) is 112 Å². The second-order valence-electron chi connectivity index (χ2n) is 12.8. The number of ether oxygens (including phenoxy) is 1. The molecule has 3 amide bonds. The van der Waals surface area contributed by atoms with E-state index in [1.807, 2.05) is 39.8 Å². The lowest BCUT2D eigenvalue weighted by Gasteiger charge is -2.39. The second kappa shape index (κ2) is 26.8. The van der Waals surface area contributed by atoms with Crippen LogP contribution < -0.4 is 16.0 Å². The Hall–Kier alpha value is -3.98. The van der Waals surface area contributed by atoms with E-state index in [4.69, 9.17) is 4.74 Å². The normalized spacial score (nSPS) is 19.1. The third kappa shape index (κ3) is 19.3. The van der Waals surface area contributed by atoms with E-state index in [1.165, 1.54) is 13.0 Å². The summed E-state index contributed by atoms with van der Waals surface area (Å²) in [6.07, 6.45) is 34.1. The Labute approximate surface area is 301 Å². The fourth-order valence-electron chi connectivity index (χ4n) is 5.41. The molecule has 3 unspecified atom stereocenters. The van der Waals surface area contributed by atoms with Gasteiger partial charge in [0.15, 0.2) is 0 Å². The number of hydrogen-bond donors (Lipinski definition) is 4. The van der Waals surface area contributed by atoms with Crippen LogP contribution in [0.15, 0.2) is 84.6 Å². The Morgan fingerprint density at radius 2 is 1.30 bits per heavy atom. The summed E-state index contributed by atoms with van der Waals surface area (Å²) < 4.78 is 6.20. The molecule has 50 heavy (non-hydrogen) atoms. The predicted molar refractivity (Wildman–Crippen MR) is 203 cm³/mol. The van der Waals surface area contributed by atoms with Crippen LogP contribution >= 0.6 is 0 Å². The van der Waals surface area contributed by atoms with Gasteiger partial charge in [0.2, 0.25) is 17.7 Å². The number of carboxylic acids is 1. The largest absolute Gasteiger partial charge is 0.478 e. The van der Waals surface area contributed by atoms with Crippen molar-refractivity contribution in [2.45, 2.75) is 143 Å². The molecule has 0 saturated carbocycles. The fourth-order valence-corrected chi connectivity index (χ4v) is 5.41. The Morgan fingerprint density at radius 1 is 0.800 bits per heavy atom. The minimum Gasteiger partial charge on any atom is -0.478 e. The summed E-state index contributed by atoms with van der Waals surface area (Å²) in [5.74, 6) is -2.33. The third-order valence-electron chi connectivity index (χ3n) is 8.23. The van der Waals surface area contributed by atoms with Gasteiger partial charge in [-0.05, 0) is 69.8 Å². The van der Waals surface area contributed by atoms with Crippen molar-refractivity contribution >= 4 is 23.7 Å². The molecule has 1 aliphatic rings. The monoisotopic (exact) mass is 693 g/mol. The highest BCUT2D eigenvalue weighted by atomic mass is 16.5. The van der Waals surface area contributed by atoms with Gasteiger partial charge in [0.1, 0.15) is 6.04 Å². The minimum absolute atomic E-state index is 0.0102. The van der Waals surface area contributed by atoms with Gasteiger partial charge in [-0.1, -0.05) is 108 Å². The number of carboxylic acid groups (broad SMARTS) is 1. The summed E-state index contributed by atoms with van der Waals surface area (Å²) in [6.45, 7) is 11.1. The zero-order valence-electron chi connectivity index (χ0n) is 31.2. The van der Waals surface area contributed by atoms with Gasteiger partial charge in [-0.15, -0.1) is 0 Å². The average Bonchev–Trinajstić information content (AvgIpc) is 3.07. The standard InChI is InChI=1S/C41H63N3O6/c1-7-10-11-12-13-14-15-16-17-18-19-20-21-22-23-24-25-26-27-28-37(46)44-38(31(4)5)40(47)43-35-29-33(41(48)49)30-36(39(35)42-32(6)45)50-34(8-2)9-3/h10-11,13-14,16-17,19-20,22-23,25-26,30-31,34-36,38-39H,7-9,12,15,18,21,24,27-29H2,1-6H3,(H,42,45)(H,43,47)(H,44,46)(H,48,49)/t35?,36?,38-,39?/m0/s1. The van der Waals surface area contributed by atoms with Crippen molar-refractivity contribution in [2.24, 2.45) is 5.92 Å². The first-order valence-corrected chi connectivity index (χ1v) is 18.4. The summed E-state index contributed by atoms with van der Waals surface area (Å²) in [5, 5.41) is 18.4. The van der Waals surface area contributed by atoms with Crippen LogP contribution in [0.3, 0.4) is 0 Å². The molecule has 1 aliphatic carbocycles. The van der Waals surface area contributed by atoms with Crippen LogP contribution in [0.5, 0.6) is 0 Å². The van der Waals surface area contributed by atoms with Crippen molar-refractivity contribution in [3.63, 3.8) is 0 Å². The number of hydrogen-bond acceptors (Lipinski definition) is 5. The number of aliphatic carboxylic acids is 1. The van der Waals surface area contributed by atoms with E-state index in [0.29, 0.717) is 19.3 Å². The molecule has 0 saturated heterocycles. The Bertz CT molecular complexity index is 1240. The van der Waals surface area contributed by atoms with Crippen molar-refractivity contribution in [3.8, 4) is 0 Å². The highest BCUT2D eigenvalue weighted by Gasteiger charge is 2.39. The molecule has 1 rings (SSSR count). The van der Waals surface area contributed by atoms with E-state index in [1.54, 1.807) is 0 Å². The van der Waals surface area contributed by atoms with Crippen molar-refractivity contribution < 1.29 is 29.0 Å². The number of nitrogens with one attached hydrogen (secondary N) is 3. The SMILES string of the molecule is CCC=CCC=CCC=CCC=CCC=CCC=CCCC(=O)N[C@H](C(=O)NC1CC(C(=O)O)=CC(OC(CC)CC)C1NC(C)=O)C(C)C. The second-order valence-corrected chi connectivity index (χ2v) is 12.8. The van der Waals surface area contributed by atoms with Crippen molar-refractivity contribution in [2.75, 3.05) is 0 Å². The molecule has 9 nitrogen and oxygen atoms in total. The molecule has 4 N–H and O–H groups in total. The molecule has 0 radical (unpaired) electrons. The summed E-state index contributed by atoms with van der Waals surface area (Å²) in [6, 6.07) is -2.24. The first kappa shape index (κ1) is 44.0. The molecule has 0 fully saturated rings. The van der Waals surface area contributed by atoms with Gasteiger partial charge in [-0.2, -0.15) is 0 Å². The third-order valence-corrected chi connectivity index (χ3v) is 8.23. The van der Waals surface area contributed by atoms with Crippen LogP contribution in [-0.2, 0) is 23.9 Å². The lowest BCUT2D eigenvalue weighted by atomic mass is 9.87. The van der Waals surface area contributed by atoms with E-state index < -0.39 is 36.1 Å². The van der Waals surface area contributed by atoms with Gasteiger partial charge in [-0.25, -0.2) is 4.79 Å². The quantitative estimate of drug-likeness (QED) is 0.0771. The fraction of sp³-hybridized carbons (Fsp3) is 0.561. The van der Waals surface area contributed by atoms with Gasteiger partial charge < -0.3 is 25.8 Å². The number of rotatable bonds is 24. The lowest BCUT2D eigenvalue weighted by molar-refractivity contribution is -0.134. The molecular formula is C41H63N3O6. The molecule has 0 aliphatic heterocycles. The molecule has 0 heterocycles. The summed E-state index contributed by atoms with van der Waals surface area (Å²) in [5.41, 5.74) is 0.106. The zero-order valence-corrected chi connectivity index (χ0v) is 31.2. The highest BCUT2D eigenvalue weighted by Crippen LogP contribution is 2.25. The van der Waals surface area contributed by atoms with E-state index in [9.17, 15) is 24.3 Å². The molecule has 0 aromatic heterocycles. The van der Waals surface area contributed by atoms with Crippen LogP contribution in [0.4, 0.5) is 0 Å². The predicted octanol–water partition coefficient (Wildman–Crippen LogP) is 7.58. The smallest absolute Gasteiger partial charge is 0.331 e. The maximum Gasteiger partial charge on any atom is 0.331 e. The van der Waals surface area contributed by atoms with Crippen LogP contribution in [-0.4, -0.2) is 59.1 Å². The van der Waals surface area contributed by atoms with Crippen LogP contribution in [0.2, 0.25) is 0 Å². The van der Waals surface area contributed by atoms with Gasteiger partial charge in [0.05, 0.1) is 24.3 Å². The number of allylic oxidation sites excluding steroid dienone is 12. The molecular weight excluding hydrogens is 630 g/mol. The van der Waals surface area contributed by atoms with Crippen LogP contribution in [0, 0.1) is 5.92 Å². The molecule has 278 valence electrons. The Balaban J connectivity index is 2.59. The molecule has 0 aromatic carbocycles. The van der Waals surface area contributed by atoms with Crippen molar-refractivity contribution in [1.82, 2.24) is 16.0 Å². The first-order chi connectivity index (χ1) is 24.0. The maximum absolute atomic E-state index is 13.5. The van der Waals surface area contributed by atoms with Gasteiger partial charge in [0.25, 0.3) is 0 Å². The number of carbonyl (C=O) groups excluding carboxylic acids is 3. The molecule has 9 heteroatoms. The maximum atomic E-state index is 13.5. The Morgan fingerprint density at radius 3 is 1.74 bits per heavy atom. The highest BCUT2D eigenvalue weighted by molar-refractivity contribution is 5.89. The minimum atomic E-state index is -1.10. The zero-order chi connectivity index (χ0) is 37.1. The van der Waals surface area contributed by atoms with Gasteiger partial charge in [0, 0.05) is 25.3 Å². The molecule has 0 aromatic rings. The number of amides is 3.